The highest BCUT2D eigenvalue weighted by Gasteiger charge is 2.41. The van der Waals surface area contributed by atoms with E-state index in [9.17, 15) is 13.9 Å². The molecular formula is C24H32N2O5S2. The molecule has 2 aromatic carbocycles. The lowest BCUT2D eigenvalue weighted by molar-refractivity contribution is -0.131. The summed E-state index contributed by atoms with van der Waals surface area (Å²) in [4.78, 5) is 14.1. The fourth-order valence-electron chi connectivity index (χ4n) is 4.01. The molecule has 1 heterocycles. The minimum absolute atomic E-state index is 0.328. The first-order valence-electron chi connectivity index (χ1n) is 10.9. The van der Waals surface area contributed by atoms with Crippen LogP contribution in [0.5, 0.6) is 5.75 Å². The van der Waals surface area contributed by atoms with Crippen molar-refractivity contribution >= 4 is 39.9 Å². The van der Waals surface area contributed by atoms with E-state index < -0.39 is 22.3 Å². The first-order valence-corrected chi connectivity index (χ1v) is 13.7. The lowest BCUT2D eigenvalue weighted by Crippen LogP contribution is -2.51. The average Bonchev–Trinajstić information content (AvgIpc) is 2.90. The average molecular weight is 493 g/mol. The van der Waals surface area contributed by atoms with Crippen molar-refractivity contribution in [2.24, 2.45) is 0 Å². The standard InChI is InChI=1S/C24H32N2O5S2/c1-4-6-13-24(5-2)17-26(18-10-8-7-9-11-18)19-15-21(32-3)20(31-14-12-23(27)28)16-22(19)33(29,30)25-24/h7-12,14-16,25,29-30H,4-6,13,17H2,1-3H3,(H,27,28)/b14-12+/t24-/m0/s1. The van der Waals surface area contributed by atoms with Gasteiger partial charge in [0.1, 0.15) is 10.6 Å². The van der Waals surface area contributed by atoms with Gasteiger partial charge in [0.2, 0.25) is 0 Å². The molecule has 0 unspecified atom stereocenters. The van der Waals surface area contributed by atoms with Gasteiger partial charge in [0.25, 0.3) is 0 Å². The van der Waals surface area contributed by atoms with Gasteiger partial charge in [-0.1, -0.05) is 44.9 Å². The van der Waals surface area contributed by atoms with E-state index in [1.165, 1.54) is 11.8 Å². The monoisotopic (exact) mass is 492 g/mol. The van der Waals surface area contributed by atoms with Crippen molar-refractivity contribution in [3.05, 3.63) is 54.8 Å². The molecule has 9 heteroatoms. The Bertz CT molecular complexity index is 1000. The van der Waals surface area contributed by atoms with Crippen LogP contribution in [0, 0.1) is 0 Å². The molecule has 33 heavy (non-hydrogen) atoms. The maximum Gasteiger partial charge on any atom is 0.331 e. The third-order valence-corrected chi connectivity index (χ3v) is 8.24. The lowest BCUT2D eigenvalue weighted by Gasteiger charge is -2.42. The van der Waals surface area contributed by atoms with Gasteiger partial charge in [-0.05, 0) is 37.3 Å². The number of unbranched alkanes of at least 4 members (excludes halogenated alkanes) is 1. The van der Waals surface area contributed by atoms with Crippen molar-refractivity contribution in [2.45, 2.75) is 54.9 Å². The minimum Gasteiger partial charge on any atom is -0.478 e. The van der Waals surface area contributed by atoms with Crippen LogP contribution in [0.1, 0.15) is 39.5 Å². The van der Waals surface area contributed by atoms with Crippen LogP contribution in [-0.4, -0.2) is 38.5 Å². The highest BCUT2D eigenvalue weighted by Crippen LogP contribution is 2.57. The van der Waals surface area contributed by atoms with E-state index in [4.69, 9.17) is 9.84 Å². The Hall–Kier alpha value is -2.17. The second-order valence-corrected chi connectivity index (χ2v) is 10.6. The van der Waals surface area contributed by atoms with Crippen molar-refractivity contribution in [2.75, 3.05) is 17.7 Å². The Morgan fingerprint density at radius 1 is 1.27 bits per heavy atom. The van der Waals surface area contributed by atoms with Crippen molar-refractivity contribution in [3.8, 4) is 5.75 Å². The number of benzene rings is 2. The van der Waals surface area contributed by atoms with E-state index in [0.29, 0.717) is 22.9 Å². The van der Waals surface area contributed by atoms with Gasteiger partial charge in [-0.3, -0.25) is 9.11 Å². The number of ether oxygens (including phenoxy) is 1. The largest absolute Gasteiger partial charge is 0.478 e. The molecule has 1 aliphatic heterocycles. The van der Waals surface area contributed by atoms with Crippen LogP contribution in [0.3, 0.4) is 0 Å². The number of rotatable bonds is 9. The molecule has 180 valence electrons. The molecule has 7 nitrogen and oxygen atoms in total. The second-order valence-electron chi connectivity index (χ2n) is 8.04. The number of nitrogens with zero attached hydrogens (tertiary/aromatic N) is 1. The number of para-hydroxylation sites is 1. The number of hydrogen-bond acceptors (Lipinski definition) is 7. The van der Waals surface area contributed by atoms with E-state index >= 15 is 0 Å². The zero-order valence-electron chi connectivity index (χ0n) is 19.2. The van der Waals surface area contributed by atoms with E-state index in [1.54, 1.807) is 6.07 Å². The molecule has 4 N–H and O–H groups in total. The van der Waals surface area contributed by atoms with E-state index in [1.807, 2.05) is 42.7 Å². The number of fused-ring (bicyclic) bond motifs is 1. The Kier molecular flexibility index (Phi) is 8.36. The van der Waals surface area contributed by atoms with Gasteiger partial charge in [-0.15, -0.1) is 22.5 Å². The molecule has 1 atom stereocenters. The molecule has 0 aliphatic carbocycles. The minimum atomic E-state index is -3.38. The molecule has 1 aliphatic rings. The smallest absolute Gasteiger partial charge is 0.331 e. The molecule has 0 saturated heterocycles. The fourth-order valence-corrected chi connectivity index (χ4v) is 6.30. The van der Waals surface area contributed by atoms with Gasteiger partial charge < -0.3 is 14.7 Å². The van der Waals surface area contributed by atoms with Crippen LogP contribution in [0.2, 0.25) is 0 Å². The molecule has 0 amide bonds. The van der Waals surface area contributed by atoms with Crippen LogP contribution in [0.4, 0.5) is 11.4 Å². The summed E-state index contributed by atoms with van der Waals surface area (Å²) < 4.78 is 31.5. The summed E-state index contributed by atoms with van der Waals surface area (Å²) in [6.07, 6.45) is 7.37. The fraction of sp³-hybridized carbons (Fsp3) is 0.375. The third kappa shape index (κ3) is 5.85. The summed E-state index contributed by atoms with van der Waals surface area (Å²) in [5.74, 6) is -0.758. The van der Waals surface area contributed by atoms with Crippen molar-refractivity contribution in [1.29, 1.82) is 0 Å². The predicted molar refractivity (Wildman–Crippen MR) is 136 cm³/mol. The molecule has 0 saturated carbocycles. The first kappa shape index (κ1) is 25.5. The van der Waals surface area contributed by atoms with E-state index in [2.05, 4.69) is 23.5 Å². The highest BCUT2D eigenvalue weighted by molar-refractivity contribution is 8.22. The SMILES string of the molecule is CCCC[C@@]1(CC)CN(c2ccccc2)c2cc(SC)c(O/C=C/C(=O)O)cc2S(O)(O)N1. The van der Waals surface area contributed by atoms with Crippen molar-refractivity contribution < 1.29 is 23.7 Å². The number of aliphatic carboxylic acids is 1. The van der Waals surface area contributed by atoms with E-state index in [0.717, 1.165) is 48.6 Å². The number of thioether (sulfide) groups is 1. The lowest BCUT2D eigenvalue weighted by atomic mass is 9.89. The Labute approximate surface area is 201 Å². The summed E-state index contributed by atoms with van der Waals surface area (Å²) in [6, 6.07) is 13.4. The zero-order valence-corrected chi connectivity index (χ0v) is 20.8. The Balaban J connectivity index is 2.20. The molecule has 0 bridgehead atoms. The predicted octanol–water partition coefficient (Wildman–Crippen LogP) is 6.49. The third-order valence-electron chi connectivity index (χ3n) is 5.82. The Morgan fingerprint density at radius 2 is 2.00 bits per heavy atom. The summed E-state index contributed by atoms with van der Waals surface area (Å²) in [5, 5.41) is 8.88. The van der Waals surface area contributed by atoms with Gasteiger partial charge in [-0.25, -0.2) is 9.52 Å². The summed E-state index contributed by atoms with van der Waals surface area (Å²) in [7, 11) is -3.38. The topological polar surface area (TPSA) is 102 Å². The van der Waals surface area contributed by atoms with Gasteiger partial charge in [-0.2, -0.15) is 0 Å². The van der Waals surface area contributed by atoms with Crippen LogP contribution in [0.15, 0.2) is 64.6 Å². The van der Waals surface area contributed by atoms with Gasteiger partial charge in [0.05, 0.1) is 28.5 Å². The van der Waals surface area contributed by atoms with Crippen LogP contribution >= 0.6 is 22.5 Å². The number of nitrogens with one attached hydrogen (secondary N) is 1. The van der Waals surface area contributed by atoms with Crippen LogP contribution in [0.25, 0.3) is 0 Å². The van der Waals surface area contributed by atoms with Crippen LogP contribution in [-0.2, 0) is 4.79 Å². The molecule has 2 aromatic rings. The number of hydrogen-bond donors (Lipinski definition) is 4. The normalized spacial score (nSPS) is 20.8. The molecular weight excluding hydrogens is 460 g/mol. The summed E-state index contributed by atoms with van der Waals surface area (Å²) in [5.41, 5.74) is 1.14. The second kappa shape index (κ2) is 10.8. The zero-order chi connectivity index (χ0) is 24.1. The van der Waals surface area contributed by atoms with E-state index in [-0.39, 0.29) is 0 Å². The van der Waals surface area contributed by atoms with Gasteiger partial charge >= 0.3 is 5.97 Å². The highest BCUT2D eigenvalue weighted by atomic mass is 32.3. The first-order chi connectivity index (χ1) is 15.7. The quantitative estimate of drug-likeness (QED) is 0.179. The number of carbonyl (C=O) groups is 1. The summed E-state index contributed by atoms with van der Waals surface area (Å²) in [6.45, 7) is 4.76. The maximum atomic E-state index is 11.4. The number of carboxylic acids is 1. The molecule has 3 rings (SSSR count). The molecule has 0 aromatic heterocycles. The maximum absolute atomic E-state index is 11.4. The molecule has 0 spiro atoms. The molecule has 0 fully saturated rings. The van der Waals surface area contributed by atoms with Crippen molar-refractivity contribution in [3.63, 3.8) is 0 Å². The van der Waals surface area contributed by atoms with Gasteiger partial charge in [0.15, 0.2) is 0 Å². The molecule has 0 radical (unpaired) electrons. The van der Waals surface area contributed by atoms with Crippen molar-refractivity contribution in [1.82, 2.24) is 4.72 Å². The van der Waals surface area contributed by atoms with Gasteiger partial charge in [0, 0.05) is 18.3 Å². The Morgan fingerprint density at radius 3 is 2.61 bits per heavy atom. The van der Waals surface area contributed by atoms with Crippen LogP contribution < -0.4 is 14.4 Å². The number of anilines is 2. The number of carboxylic acid groups (broad SMARTS) is 1. The summed E-state index contributed by atoms with van der Waals surface area (Å²) >= 11 is 1.44.